The highest BCUT2D eigenvalue weighted by molar-refractivity contribution is 6.25. The van der Waals surface area contributed by atoms with Crippen molar-refractivity contribution in [3.05, 3.63) is 118 Å². The van der Waals surface area contributed by atoms with E-state index in [4.69, 9.17) is 4.99 Å². The lowest BCUT2D eigenvalue weighted by Crippen LogP contribution is -2.27. The standard InChI is InChI=1S/C34H40BFN5O/c1-22(2)34(42)38-17-7-16-37-20-27-8-10-28(11-9-27)21-39-30-14-12-29(13-15-30)31(32-23(3)18-25(5)40-32)33-24(4)19-26(6)41(33)35-36/h8-15,18-19,37,39H,1,7,16-17,20-21H2,2-6H3,(H,38,42)/b32-31-. The van der Waals surface area contributed by atoms with Crippen molar-refractivity contribution in [3.8, 4) is 0 Å². The zero-order valence-corrected chi connectivity index (χ0v) is 25.3. The van der Waals surface area contributed by atoms with Crippen LogP contribution in [0, 0.1) is 13.8 Å². The second-order valence-electron chi connectivity index (χ2n) is 10.9. The summed E-state index contributed by atoms with van der Waals surface area (Å²) < 4.78 is 15.6. The van der Waals surface area contributed by atoms with Gasteiger partial charge in [0.25, 0.3) is 0 Å². The van der Waals surface area contributed by atoms with Crippen LogP contribution in [0.1, 0.15) is 60.8 Å². The fourth-order valence-electron chi connectivity index (χ4n) is 5.11. The predicted octanol–water partition coefficient (Wildman–Crippen LogP) is 6.42. The van der Waals surface area contributed by atoms with E-state index in [0.29, 0.717) is 26.4 Å². The summed E-state index contributed by atoms with van der Waals surface area (Å²) in [5, 5.41) is 9.77. The molecule has 0 saturated heterocycles. The number of carbonyl (C=O) groups excluding carboxylic acids is 1. The van der Waals surface area contributed by atoms with E-state index in [1.54, 1.807) is 11.4 Å². The lowest BCUT2D eigenvalue weighted by atomic mass is 9.95. The van der Waals surface area contributed by atoms with E-state index >= 15 is 0 Å². The molecule has 217 valence electrons. The Morgan fingerprint density at radius 2 is 1.64 bits per heavy atom. The number of carbonyl (C=O) groups is 1. The third-order valence-corrected chi connectivity index (χ3v) is 7.30. The Morgan fingerprint density at radius 1 is 0.976 bits per heavy atom. The molecule has 0 aliphatic carbocycles. The molecule has 3 aromatic rings. The van der Waals surface area contributed by atoms with Crippen molar-refractivity contribution in [2.24, 2.45) is 4.99 Å². The van der Waals surface area contributed by atoms with Crippen molar-refractivity contribution < 1.29 is 9.11 Å². The number of nitrogens with zero attached hydrogens (tertiary/aromatic N) is 2. The van der Waals surface area contributed by atoms with Crippen LogP contribution in [-0.4, -0.2) is 36.9 Å². The van der Waals surface area contributed by atoms with Gasteiger partial charge in [-0.25, -0.2) is 0 Å². The van der Waals surface area contributed by atoms with Gasteiger partial charge in [-0.1, -0.05) is 43.0 Å². The number of allylic oxidation sites excluding steroid dienone is 2. The first-order chi connectivity index (χ1) is 20.2. The summed E-state index contributed by atoms with van der Waals surface area (Å²) in [4.78, 5) is 16.3. The van der Waals surface area contributed by atoms with Gasteiger partial charge in [-0.05, 0) is 99.7 Å². The third-order valence-electron chi connectivity index (χ3n) is 7.30. The van der Waals surface area contributed by atoms with Crippen molar-refractivity contribution in [1.29, 1.82) is 0 Å². The molecular formula is C34H40BFN5O. The van der Waals surface area contributed by atoms with Crippen molar-refractivity contribution in [1.82, 2.24) is 15.1 Å². The molecule has 0 atom stereocenters. The van der Waals surface area contributed by atoms with E-state index < -0.39 is 0 Å². The number of aryl methyl sites for hydroxylation is 2. The monoisotopic (exact) mass is 564 g/mol. The Balaban J connectivity index is 1.37. The molecule has 4 rings (SSSR count). The SMILES string of the molecule is C=C(C)C(=O)NCCCNCc1ccc(CNc2ccc(/C(=C3/N=C(C)C=C3C)c3c(C)cc(C)n3[B]F)cc2)cc1. The van der Waals surface area contributed by atoms with Gasteiger partial charge in [0.1, 0.15) is 0 Å². The van der Waals surface area contributed by atoms with Crippen LogP contribution in [0.5, 0.6) is 0 Å². The minimum Gasteiger partial charge on any atom is -0.381 e. The number of hydrogen-bond donors (Lipinski definition) is 3. The summed E-state index contributed by atoms with van der Waals surface area (Å²) in [5.74, 6) is -0.0910. The van der Waals surface area contributed by atoms with Crippen molar-refractivity contribution >= 4 is 30.6 Å². The molecular weight excluding hydrogens is 524 g/mol. The van der Waals surface area contributed by atoms with E-state index in [1.807, 2.05) is 33.8 Å². The lowest BCUT2D eigenvalue weighted by Gasteiger charge is -2.17. The van der Waals surface area contributed by atoms with Crippen LogP contribution < -0.4 is 16.0 Å². The van der Waals surface area contributed by atoms with Gasteiger partial charge in [0.05, 0.1) is 5.70 Å². The normalized spacial score (nSPS) is 13.9. The van der Waals surface area contributed by atoms with Crippen molar-refractivity contribution in [2.45, 2.75) is 54.1 Å². The summed E-state index contributed by atoms with van der Waals surface area (Å²) in [5.41, 5.74) is 11.4. The van der Waals surface area contributed by atoms with Gasteiger partial charge in [-0.2, -0.15) is 0 Å². The predicted molar refractivity (Wildman–Crippen MR) is 173 cm³/mol. The molecule has 6 nitrogen and oxygen atoms in total. The van der Waals surface area contributed by atoms with Crippen LogP contribution in [0.3, 0.4) is 0 Å². The molecule has 0 spiro atoms. The Morgan fingerprint density at radius 3 is 2.24 bits per heavy atom. The summed E-state index contributed by atoms with van der Waals surface area (Å²) in [6, 6.07) is 18.8. The average molecular weight is 565 g/mol. The number of hydrogen-bond acceptors (Lipinski definition) is 4. The van der Waals surface area contributed by atoms with E-state index in [0.717, 1.165) is 70.3 Å². The van der Waals surface area contributed by atoms with Gasteiger partial charge in [0, 0.05) is 53.6 Å². The highest BCUT2D eigenvalue weighted by atomic mass is 19.1. The Bertz CT molecular complexity index is 1530. The first-order valence-electron chi connectivity index (χ1n) is 14.3. The molecule has 0 fully saturated rings. The third kappa shape index (κ3) is 7.56. The fraction of sp³-hybridized carbons (Fsp3) is 0.294. The first kappa shape index (κ1) is 30.8. The molecule has 0 bridgehead atoms. The van der Waals surface area contributed by atoms with Crippen molar-refractivity contribution in [2.75, 3.05) is 18.4 Å². The van der Waals surface area contributed by atoms with Crippen LogP contribution in [-0.2, 0) is 17.9 Å². The van der Waals surface area contributed by atoms with Crippen molar-refractivity contribution in [3.63, 3.8) is 0 Å². The number of aromatic nitrogens is 1. The molecule has 0 unspecified atom stereocenters. The topological polar surface area (TPSA) is 70.5 Å². The molecule has 3 N–H and O–H groups in total. The summed E-state index contributed by atoms with van der Waals surface area (Å²) in [7, 11) is 0.632. The summed E-state index contributed by atoms with van der Waals surface area (Å²) >= 11 is 0. The average Bonchev–Trinajstić information content (AvgIpc) is 3.46. The molecule has 1 radical (unpaired) electrons. The molecule has 2 aromatic carbocycles. The van der Waals surface area contributed by atoms with E-state index in [1.165, 1.54) is 11.1 Å². The smallest absolute Gasteiger partial charge is 0.381 e. The molecule has 42 heavy (non-hydrogen) atoms. The number of anilines is 1. The largest absolute Gasteiger partial charge is 0.495 e. The van der Waals surface area contributed by atoms with Crippen LogP contribution in [0.4, 0.5) is 10.0 Å². The molecule has 1 aliphatic rings. The number of rotatable bonds is 13. The Kier molecular flexibility index (Phi) is 10.4. The number of nitrogens with one attached hydrogen (secondary N) is 3. The first-order valence-corrected chi connectivity index (χ1v) is 14.3. The van der Waals surface area contributed by atoms with Crippen LogP contribution in [0.15, 0.2) is 89.1 Å². The maximum Gasteiger partial charge on any atom is 0.495 e. The molecule has 2 heterocycles. The highest BCUT2D eigenvalue weighted by Crippen LogP contribution is 2.36. The Labute approximate surface area is 249 Å². The molecule has 1 amide bonds. The van der Waals surface area contributed by atoms with Gasteiger partial charge < -0.3 is 24.7 Å². The van der Waals surface area contributed by atoms with E-state index in [-0.39, 0.29) is 5.91 Å². The van der Waals surface area contributed by atoms with Gasteiger partial charge >= 0.3 is 7.69 Å². The zero-order valence-electron chi connectivity index (χ0n) is 25.3. The lowest BCUT2D eigenvalue weighted by molar-refractivity contribution is -0.117. The minimum atomic E-state index is -0.0910. The maximum absolute atomic E-state index is 14.0. The van der Waals surface area contributed by atoms with Gasteiger partial charge in [-0.15, -0.1) is 0 Å². The maximum atomic E-state index is 14.0. The quantitative estimate of drug-likeness (QED) is 0.128. The number of halogens is 1. The second kappa shape index (κ2) is 14.1. The molecule has 0 saturated carbocycles. The molecule has 1 aliphatic heterocycles. The minimum absolute atomic E-state index is 0.0910. The van der Waals surface area contributed by atoms with Crippen LogP contribution >= 0.6 is 0 Å². The molecule has 8 heteroatoms. The van der Waals surface area contributed by atoms with Gasteiger partial charge in [0.2, 0.25) is 5.91 Å². The highest BCUT2D eigenvalue weighted by Gasteiger charge is 2.23. The Hall–Kier alpha value is -4.17. The number of aliphatic imine (C=N–C) groups is 1. The van der Waals surface area contributed by atoms with Gasteiger partial charge in [0.15, 0.2) is 0 Å². The van der Waals surface area contributed by atoms with Crippen LogP contribution in [0.25, 0.3) is 5.57 Å². The van der Waals surface area contributed by atoms with Gasteiger partial charge in [-0.3, -0.25) is 9.79 Å². The van der Waals surface area contributed by atoms with E-state index in [2.05, 4.69) is 77.1 Å². The summed E-state index contributed by atoms with van der Waals surface area (Å²) in [6.45, 7) is 16.2. The number of benzene rings is 2. The van der Waals surface area contributed by atoms with Crippen LogP contribution in [0.2, 0.25) is 0 Å². The zero-order chi connectivity index (χ0) is 30.2. The summed E-state index contributed by atoms with van der Waals surface area (Å²) in [6.07, 6.45) is 2.93. The second-order valence-corrected chi connectivity index (χ2v) is 10.9. The molecule has 1 aromatic heterocycles. The number of amides is 1. The fourth-order valence-corrected chi connectivity index (χ4v) is 5.11. The van der Waals surface area contributed by atoms with E-state index in [9.17, 15) is 9.11 Å².